The zero-order chi connectivity index (χ0) is 25.2. The van der Waals surface area contributed by atoms with Crippen molar-refractivity contribution in [3.05, 3.63) is 51.0 Å². The fourth-order valence-electron chi connectivity index (χ4n) is 3.42. The van der Waals surface area contributed by atoms with Crippen molar-refractivity contribution in [2.75, 3.05) is 6.54 Å². The number of thiophene rings is 1. The standard InChI is InChI=1S/C21H21FN4O7S/c1-9-7-26(21(32)25-13(19(29)30)6-17(27)28)8-16-11(9)5-15(34-16)20(31)33-14-3-2-10(18(23)24)4-12(14)22/h2-5,9,13H,6-8H2,1H3,(H3,23,24)(H,25,32)(H,27,28)(H,29,30)/t9?,13-/m0/s1. The Morgan fingerprint density at radius 3 is 2.62 bits per heavy atom. The number of amides is 2. The number of aliphatic carboxylic acids is 2. The normalized spacial score (nSPS) is 15.7. The highest BCUT2D eigenvalue weighted by Crippen LogP contribution is 2.35. The van der Waals surface area contributed by atoms with E-state index in [1.807, 2.05) is 6.92 Å². The number of ether oxygens (including phenoxy) is 1. The van der Waals surface area contributed by atoms with Gasteiger partial charge in [-0.1, -0.05) is 6.92 Å². The maximum Gasteiger partial charge on any atom is 0.353 e. The maximum atomic E-state index is 14.2. The van der Waals surface area contributed by atoms with Gasteiger partial charge in [0.05, 0.1) is 13.0 Å². The number of carboxylic acid groups (broad SMARTS) is 2. The lowest BCUT2D eigenvalue weighted by molar-refractivity contribution is -0.145. The van der Waals surface area contributed by atoms with E-state index in [2.05, 4.69) is 5.32 Å². The van der Waals surface area contributed by atoms with E-state index >= 15 is 0 Å². The Kier molecular flexibility index (Phi) is 7.15. The van der Waals surface area contributed by atoms with E-state index in [4.69, 9.17) is 26.1 Å². The topological polar surface area (TPSA) is 183 Å². The summed E-state index contributed by atoms with van der Waals surface area (Å²) in [6.07, 6.45) is -0.769. The van der Waals surface area contributed by atoms with Gasteiger partial charge in [0, 0.05) is 17.0 Å². The van der Waals surface area contributed by atoms with Crippen LogP contribution in [0.3, 0.4) is 0 Å². The second kappa shape index (κ2) is 9.87. The van der Waals surface area contributed by atoms with E-state index in [-0.39, 0.29) is 41.0 Å². The average molecular weight is 492 g/mol. The predicted octanol–water partition coefficient (Wildman–Crippen LogP) is 1.95. The number of carbonyl (C=O) groups excluding carboxylic acids is 2. The number of benzene rings is 1. The second-order valence-electron chi connectivity index (χ2n) is 7.66. The van der Waals surface area contributed by atoms with Gasteiger partial charge in [0.25, 0.3) is 0 Å². The lowest BCUT2D eigenvalue weighted by atomic mass is 9.97. The number of nitrogens with two attached hydrogens (primary N) is 1. The number of amidine groups is 1. The van der Waals surface area contributed by atoms with Crippen molar-refractivity contribution in [2.45, 2.75) is 31.8 Å². The molecule has 11 nitrogen and oxygen atoms in total. The molecule has 1 aliphatic rings. The van der Waals surface area contributed by atoms with Gasteiger partial charge in [0.1, 0.15) is 16.8 Å². The van der Waals surface area contributed by atoms with Gasteiger partial charge in [-0.2, -0.15) is 0 Å². The van der Waals surface area contributed by atoms with Crippen molar-refractivity contribution in [2.24, 2.45) is 5.73 Å². The Morgan fingerprint density at radius 2 is 2.03 bits per heavy atom. The van der Waals surface area contributed by atoms with Gasteiger partial charge in [0.15, 0.2) is 11.6 Å². The molecule has 1 unspecified atom stereocenters. The van der Waals surface area contributed by atoms with E-state index in [1.54, 1.807) is 6.07 Å². The summed E-state index contributed by atoms with van der Waals surface area (Å²) in [7, 11) is 0. The largest absolute Gasteiger partial charge is 0.481 e. The lowest BCUT2D eigenvalue weighted by Gasteiger charge is -2.31. The highest BCUT2D eigenvalue weighted by Gasteiger charge is 2.32. The number of nitrogens with one attached hydrogen (secondary N) is 2. The minimum atomic E-state index is -1.58. The number of esters is 1. The maximum absolute atomic E-state index is 14.2. The number of nitrogen functional groups attached to an aromatic ring is 1. The molecule has 13 heteroatoms. The van der Waals surface area contributed by atoms with Crippen molar-refractivity contribution in [3.8, 4) is 5.75 Å². The Labute approximate surface area is 196 Å². The van der Waals surface area contributed by atoms with Crippen molar-refractivity contribution < 1.29 is 38.5 Å². The Bertz CT molecular complexity index is 1180. The summed E-state index contributed by atoms with van der Waals surface area (Å²) in [5.41, 5.74) is 6.25. The molecule has 0 radical (unpaired) electrons. The fourth-order valence-corrected chi connectivity index (χ4v) is 4.60. The first-order chi connectivity index (χ1) is 16.0. The molecule has 0 saturated heterocycles. The zero-order valence-corrected chi connectivity index (χ0v) is 18.6. The van der Waals surface area contributed by atoms with Crippen molar-refractivity contribution >= 4 is 41.1 Å². The van der Waals surface area contributed by atoms with Crippen molar-refractivity contribution in [3.63, 3.8) is 0 Å². The van der Waals surface area contributed by atoms with E-state index in [9.17, 15) is 23.6 Å². The second-order valence-corrected chi connectivity index (χ2v) is 8.79. The van der Waals surface area contributed by atoms with Crippen LogP contribution in [0.25, 0.3) is 0 Å². The molecule has 2 atom stereocenters. The quantitative estimate of drug-likeness (QED) is 0.168. The Morgan fingerprint density at radius 1 is 1.32 bits per heavy atom. The third-order valence-corrected chi connectivity index (χ3v) is 6.23. The number of rotatable bonds is 7. The number of hydrogen-bond donors (Lipinski definition) is 5. The summed E-state index contributed by atoms with van der Waals surface area (Å²) in [6, 6.07) is 2.81. The number of fused-ring (bicyclic) bond motifs is 1. The minimum absolute atomic E-state index is 0.0739. The molecule has 2 heterocycles. The third kappa shape index (κ3) is 5.49. The molecule has 2 amide bonds. The number of urea groups is 1. The highest BCUT2D eigenvalue weighted by molar-refractivity contribution is 7.14. The molecule has 3 rings (SSSR count). The first-order valence-electron chi connectivity index (χ1n) is 9.95. The molecular weight excluding hydrogens is 471 g/mol. The van der Waals surface area contributed by atoms with Crippen LogP contribution in [0.15, 0.2) is 24.3 Å². The first kappa shape index (κ1) is 24.6. The summed E-state index contributed by atoms with van der Waals surface area (Å²) >= 11 is 1.05. The molecule has 0 bridgehead atoms. The molecule has 1 aliphatic heterocycles. The van der Waals surface area contributed by atoms with Crippen molar-refractivity contribution in [1.82, 2.24) is 10.2 Å². The summed E-state index contributed by atoms with van der Waals surface area (Å²) in [6.45, 7) is 2.10. The van der Waals surface area contributed by atoms with Crippen LogP contribution in [0.4, 0.5) is 9.18 Å². The van der Waals surface area contributed by atoms with Crippen molar-refractivity contribution in [1.29, 1.82) is 5.41 Å². The van der Waals surface area contributed by atoms with Crippen LogP contribution in [0.1, 0.15) is 44.9 Å². The molecule has 1 aromatic heterocycles. The predicted molar refractivity (Wildman–Crippen MR) is 118 cm³/mol. The number of halogens is 1. The molecule has 34 heavy (non-hydrogen) atoms. The molecule has 0 saturated carbocycles. The molecule has 6 N–H and O–H groups in total. The van der Waals surface area contributed by atoms with E-state index < -0.39 is 42.2 Å². The van der Waals surface area contributed by atoms with Crippen LogP contribution in [0.2, 0.25) is 0 Å². The molecule has 1 aromatic carbocycles. The van der Waals surface area contributed by atoms with Gasteiger partial charge in [0.2, 0.25) is 0 Å². The number of carboxylic acids is 2. The minimum Gasteiger partial charge on any atom is -0.481 e. The number of carbonyl (C=O) groups is 4. The van der Waals surface area contributed by atoms with Crippen LogP contribution in [-0.2, 0) is 16.1 Å². The smallest absolute Gasteiger partial charge is 0.353 e. The molecule has 0 spiro atoms. The number of nitrogens with zero attached hydrogens (tertiary/aromatic N) is 1. The number of hydrogen-bond acceptors (Lipinski definition) is 7. The van der Waals surface area contributed by atoms with Gasteiger partial charge in [-0.05, 0) is 35.7 Å². The van der Waals surface area contributed by atoms with Gasteiger partial charge in [-0.15, -0.1) is 11.3 Å². The monoisotopic (exact) mass is 492 g/mol. The van der Waals surface area contributed by atoms with Gasteiger partial charge < -0.3 is 30.9 Å². The fraction of sp³-hybridized carbons (Fsp3) is 0.286. The highest BCUT2D eigenvalue weighted by atomic mass is 32.1. The van der Waals surface area contributed by atoms with E-state index in [0.29, 0.717) is 4.88 Å². The lowest BCUT2D eigenvalue weighted by Crippen LogP contribution is -2.50. The van der Waals surface area contributed by atoms with E-state index in [1.165, 1.54) is 17.0 Å². The van der Waals surface area contributed by atoms with Crippen LogP contribution in [0, 0.1) is 11.2 Å². The van der Waals surface area contributed by atoms with Crippen LogP contribution < -0.4 is 15.8 Å². The summed E-state index contributed by atoms with van der Waals surface area (Å²) in [5, 5.41) is 27.5. The zero-order valence-electron chi connectivity index (χ0n) is 17.8. The van der Waals surface area contributed by atoms with E-state index in [0.717, 1.165) is 23.0 Å². The van der Waals surface area contributed by atoms with Gasteiger partial charge in [-0.3, -0.25) is 10.2 Å². The molecule has 0 fully saturated rings. The summed E-state index contributed by atoms with van der Waals surface area (Å²) < 4.78 is 19.3. The summed E-state index contributed by atoms with van der Waals surface area (Å²) in [5.74, 6) is -5.35. The molecule has 2 aromatic rings. The first-order valence-corrected chi connectivity index (χ1v) is 10.8. The van der Waals surface area contributed by atoms with Crippen LogP contribution in [-0.4, -0.2) is 57.5 Å². The Hall–Kier alpha value is -4.00. The average Bonchev–Trinajstić information content (AvgIpc) is 3.19. The van der Waals surface area contributed by atoms with Crippen LogP contribution >= 0.6 is 11.3 Å². The molecule has 0 aliphatic carbocycles. The molecule has 180 valence electrons. The molecular formula is C21H21FN4O7S. The summed E-state index contributed by atoms with van der Waals surface area (Å²) in [4.78, 5) is 49.4. The Balaban J connectivity index is 1.73. The third-order valence-electron chi connectivity index (χ3n) is 5.11. The van der Waals surface area contributed by atoms with Gasteiger partial charge in [-0.25, -0.2) is 18.8 Å². The SMILES string of the molecule is CC1CN(C(=O)N[C@@H](CC(=O)O)C(=O)O)Cc2sc(C(=O)Oc3ccc(C(=N)N)cc3F)cc21. The van der Waals surface area contributed by atoms with Gasteiger partial charge >= 0.3 is 23.9 Å². The van der Waals surface area contributed by atoms with Crippen LogP contribution in [0.5, 0.6) is 5.75 Å².